The molecule has 8 heteroatoms. The van der Waals surface area contributed by atoms with Crippen molar-refractivity contribution in [3.05, 3.63) is 17.8 Å². The summed E-state index contributed by atoms with van der Waals surface area (Å²) in [5.74, 6) is -0.953. The lowest BCUT2D eigenvalue weighted by Crippen LogP contribution is -2.22. The van der Waals surface area contributed by atoms with E-state index in [0.29, 0.717) is 0 Å². The predicted molar refractivity (Wildman–Crippen MR) is 54.5 cm³/mol. The van der Waals surface area contributed by atoms with E-state index in [0.717, 1.165) is 7.11 Å². The van der Waals surface area contributed by atoms with Crippen LogP contribution in [0.4, 0.5) is 24.7 Å². The highest BCUT2D eigenvalue weighted by atomic mass is 19.4. The Morgan fingerprint density at radius 1 is 1.53 bits per heavy atom. The third-order valence-corrected chi connectivity index (χ3v) is 1.78. The van der Waals surface area contributed by atoms with Gasteiger partial charge in [-0.1, -0.05) is 0 Å². The lowest BCUT2D eigenvalue weighted by Gasteiger charge is -2.11. The van der Waals surface area contributed by atoms with Gasteiger partial charge in [-0.05, 0) is 12.1 Å². The molecule has 0 saturated carbocycles. The van der Waals surface area contributed by atoms with Gasteiger partial charge in [0.05, 0.1) is 12.8 Å². The van der Waals surface area contributed by atoms with Crippen LogP contribution in [-0.4, -0.2) is 30.8 Å². The van der Waals surface area contributed by atoms with Gasteiger partial charge in [0.15, 0.2) is 11.5 Å². The number of nitrogens with one attached hydrogen (secondary N) is 1. The molecule has 0 saturated heterocycles. The number of carbonyl (C=O) groups excluding carboxylic acids is 1. The number of ether oxygens (including phenoxy) is 1. The molecule has 0 unspecified atom stereocenters. The van der Waals surface area contributed by atoms with E-state index < -0.39 is 18.7 Å². The van der Waals surface area contributed by atoms with E-state index in [2.05, 4.69) is 9.72 Å². The second kappa shape index (κ2) is 4.89. The number of carbonyl (C=O) groups is 1. The van der Waals surface area contributed by atoms with Crippen LogP contribution in [0.15, 0.2) is 12.1 Å². The van der Waals surface area contributed by atoms with Crippen molar-refractivity contribution in [2.45, 2.75) is 6.18 Å². The van der Waals surface area contributed by atoms with Crippen molar-refractivity contribution in [3.8, 4) is 0 Å². The third kappa shape index (κ3) is 3.82. The smallest absolute Gasteiger partial charge is 0.405 e. The van der Waals surface area contributed by atoms with Gasteiger partial charge in [0.1, 0.15) is 6.54 Å². The number of nitrogens with two attached hydrogens (primary N) is 1. The first kappa shape index (κ1) is 13.1. The van der Waals surface area contributed by atoms with Crippen molar-refractivity contribution in [1.29, 1.82) is 0 Å². The molecule has 1 aromatic heterocycles. The summed E-state index contributed by atoms with van der Waals surface area (Å²) in [5.41, 5.74) is 5.31. The van der Waals surface area contributed by atoms with E-state index in [4.69, 9.17) is 5.73 Å². The highest BCUT2D eigenvalue weighted by Gasteiger charge is 2.27. The van der Waals surface area contributed by atoms with Gasteiger partial charge in [-0.15, -0.1) is 0 Å². The Morgan fingerprint density at radius 2 is 2.18 bits per heavy atom. The minimum absolute atomic E-state index is 0.0157. The summed E-state index contributed by atoms with van der Waals surface area (Å²) in [4.78, 5) is 14.7. The van der Waals surface area contributed by atoms with Crippen LogP contribution < -0.4 is 11.1 Å². The molecule has 0 atom stereocenters. The lowest BCUT2D eigenvalue weighted by molar-refractivity contribution is -0.115. The molecule has 0 amide bonds. The van der Waals surface area contributed by atoms with E-state index in [1.165, 1.54) is 12.1 Å². The largest absolute Gasteiger partial charge is 0.464 e. The van der Waals surface area contributed by atoms with Crippen molar-refractivity contribution >= 4 is 17.5 Å². The van der Waals surface area contributed by atoms with Crippen LogP contribution >= 0.6 is 0 Å². The monoisotopic (exact) mass is 249 g/mol. The molecule has 0 aromatic carbocycles. The Morgan fingerprint density at radius 3 is 2.71 bits per heavy atom. The fourth-order valence-corrected chi connectivity index (χ4v) is 1.01. The minimum Gasteiger partial charge on any atom is -0.464 e. The number of rotatable bonds is 3. The maximum atomic E-state index is 12.0. The van der Waals surface area contributed by atoms with Crippen molar-refractivity contribution in [2.75, 3.05) is 24.7 Å². The number of hydrogen-bond acceptors (Lipinski definition) is 5. The number of aromatic nitrogens is 1. The average Bonchev–Trinajstić information content (AvgIpc) is 2.26. The van der Waals surface area contributed by atoms with Gasteiger partial charge in [-0.2, -0.15) is 13.2 Å². The Labute approximate surface area is 94.8 Å². The van der Waals surface area contributed by atoms with Gasteiger partial charge in [-0.25, -0.2) is 9.78 Å². The molecule has 0 aliphatic carbocycles. The summed E-state index contributed by atoms with van der Waals surface area (Å²) in [7, 11) is 1.14. The van der Waals surface area contributed by atoms with E-state index in [1.54, 1.807) is 0 Å². The van der Waals surface area contributed by atoms with E-state index in [1.807, 2.05) is 5.32 Å². The Balaban J connectivity index is 2.87. The van der Waals surface area contributed by atoms with Crippen molar-refractivity contribution < 1.29 is 22.7 Å². The molecule has 1 heterocycles. The molecule has 3 N–H and O–H groups in total. The van der Waals surface area contributed by atoms with Gasteiger partial charge < -0.3 is 15.8 Å². The maximum Gasteiger partial charge on any atom is 0.405 e. The zero-order chi connectivity index (χ0) is 13.1. The molecule has 1 aromatic rings. The molecule has 1 rings (SSSR count). The van der Waals surface area contributed by atoms with Crippen LogP contribution in [0.25, 0.3) is 0 Å². The van der Waals surface area contributed by atoms with Crippen LogP contribution in [0.2, 0.25) is 0 Å². The highest BCUT2D eigenvalue weighted by molar-refractivity contribution is 5.88. The fourth-order valence-electron chi connectivity index (χ4n) is 1.01. The summed E-state index contributed by atoms with van der Waals surface area (Å²) in [6, 6.07) is 2.54. The SMILES string of the molecule is COC(=O)c1ccc(N)c(NCC(F)(F)F)n1. The van der Waals surface area contributed by atoms with Crippen molar-refractivity contribution in [2.24, 2.45) is 0 Å². The van der Waals surface area contributed by atoms with Gasteiger partial charge >= 0.3 is 12.1 Å². The van der Waals surface area contributed by atoms with E-state index in [-0.39, 0.29) is 17.2 Å². The normalized spacial score (nSPS) is 11.1. The zero-order valence-electron chi connectivity index (χ0n) is 8.84. The number of esters is 1. The van der Waals surface area contributed by atoms with Gasteiger partial charge in [0.25, 0.3) is 0 Å². The number of anilines is 2. The lowest BCUT2D eigenvalue weighted by atomic mass is 10.3. The number of nitrogen functional groups attached to an aromatic ring is 1. The average molecular weight is 249 g/mol. The summed E-state index contributed by atoms with van der Waals surface area (Å²) in [6.45, 7) is -1.28. The molecular formula is C9H10F3N3O2. The second-order valence-corrected chi connectivity index (χ2v) is 3.09. The summed E-state index contributed by atoms with van der Waals surface area (Å²) in [5, 5.41) is 2.00. The first-order valence-electron chi connectivity index (χ1n) is 4.49. The standard InChI is InChI=1S/C9H10F3N3O2/c1-17-8(16)6-3-2-5(13)7(15-6)14-4-9(10,11)12/h2-3H,4,13H2,1H3,(H,14,15). The maximum absolute atomic E-state index is 12.0. The first-order valence-corrected chi connectivity index (χ1v) is 4.49. The van der Waals surface area contributed by atoms with Gasteiger partial charge in [-0.3, -0.25) is 0 Å². The Kier molecular flexibility index (Phi) is 3.77. The highest BCUT2D eigenvalue weighted by Crippen LogP contribution is 2.20. The van der Waals surface area contributed by atoms with E-state index >= 15 is 0 Å². The molecular weight excluding hydrogens is 239 g/mol. The molecule has 17 heavy (non-hydrogen) atoms. The second-order valence-electron chi connectivity index (χ2n) is 3.09. The number of nitrogens with zero attached hydrogens (tertiary/aromatic N) is 1. The number of methoxy groups -OCH3 is 1. The van der Waals surface area contributed by atoms with Crippen LogP contribution in [-0.2, 0) is 4.74 Å². The fraction of sp³-hybridized carbons (Fsp3) is 0.333. The first-order chi connectivity index (χ1) is 7.83. The number of halogens is 3. The Bertz CT molecular complexity index is 420. The number of hydrogen-bond donors (Lipinski definition) is 2. The number of alkyl halides is 3. The van der Waals surface area contributed by atoms with Crippen molar-refractivity contribution in [3.63, 3.8) is 0 Å². The summed E-state index contributed by atoms with van der Waals surface area (Å²) < 4.78 is 40.3. The van der Waals surface area contributed by atoms with Gasteiger partial charge in [0, 0.05) is 0 Å². The summed E-state index contributed by atoms with van der Waals surface area (Å²) in [6.07, 6.45) is -4.39. The van der Waals surface area contributed by atoms with Crippen LogP contribution in [0.1, 0.15) is 10.5 Å². The van der Waals surface area contributed by atoms with Crippen LogP contribution in [0.3, 0.4) is 0 Å². The molecule has 94 valence electrons. The predicted octanol–water partition coefficient (Wildman–Crippen LogP) is 1.42. The topological polar surface area (TPSA) is 77.2 Å². The number of pyridine rings is 1. The minimum atomic E-state index is -4.39. The van der Waals surface area contributed by atoms with Crippen LogP contribution in [0.5, 0.6) is 0 Å². The van der Waals surface area contributed by atoms with Gasteiger partial charge in [0.2, 0.25) is 0 Å². The van der Waals surface area contributed by atoms with E-state index in [9.17, 15) is 18.0 Å². The molecule has 0 spiro atoms. The molecule has 0 bridgehead atoms. The molecule has 0 fully saturated rings. The quantitative estimate of drug-likeness (QED) is 0.792. The van der Waals surface area contributed by atoms with Crippen molar-refractivity contribution in [1.82, 2.24) is 4.98 Å². The molecule has 0 radical (unpaired) electrons. The molecule has 0 aliphatic rings. The molecule has 0 aliphatic heterocycles. The third-order valence-electron chi connectivity index (χ3n) is 1.78. The molecule has 5 nitrogen and oxygen atoms in total. The van der Waals surface area contributed by atoms with Crippen LogP contribution in [0, 0.1) is 0 Å². The zero-order valence-corrected chi connectivity index (χ0v) is 8.84. The Hall–Kier alpha value is -1.99. The summed E-state index contributed by atoms with van der Waals surface area (Å²) >= 11 is 0.